The molecule has 0 amide bonds. The quantitative estimate of drug-likeness (QED) is 0.425. The van der Waals surface area contributed by atoms with E-state index in [4.69, 9.17) is 4.74 Å². The van der Waals surface area contributed by atoms with Gasteiger partial charge in [-0.25, -0.2) is 4.79 Å². The molecule has 0 aliphatic heterocycles. The molecule has 0 radical (unpaired) electrons. The normalized spacial score (nSPS) is 14.1. The summed E-state index contributed by atoms with van der Waals surface area (Å²) in [7, 11) is -1.50. The van der Waals surface area contributed by atoms with Gasteiger partial charge < -0.3 is 9.84 Å². The number of carbonyl (C=O) groups is 1. The lowest BCUT2D eigenvalue weighted by Crippen LogP contribution is -2.41. The second-order valence-corrected chi connectivity index (χ2v) is 9.10. The van der Waals surface area contributed by atoms with E-state index in [1.165, 1.54) is 23.5 Å². The molecule has 0 aromatic heterocycles. The molecule has 0 fully saturated rings. The smallest absolute Gasteiger partial charge is 0.367 e. The van der Waals surface area contributed by atoms with E-state index < -0.39 is 17.8 Å². The van der Waals surface area contributed by atoms with Gasteiger partial charge in [-0.1, -0.05) is 25.3 Å². The molecule has 118 valence electrons. The van der Waals surface area contributed by atoms with E-state index >= 15 is 0 Å². The van der Waals surface area contributed by atoms with Gasteiger partial charge in [-0.3, -0.25) is 0 Å². The second kappa shape index (κ2) is 10.9. The third kappa shape index (κ3) is 5.92. The zero-order valence-corrected chi connectivity index (χ0v) is 15.3. The molecular formula is C13H26O4PS2+. The van der Waals surface area contributed by atoms with Gasteiger partial charge in [-0.2, -0.15) is 0 Å². The fraction of sp³-hybridized carbons (Fsp3) is 0.923. The van der Waals surface area contributed by atoms with Crippen LogP contribution in [-0.4, -0.2) is 45.8 Å². The highest BCUT2D eigenvalue weighted by Gasteiger charge is 2.48. The van der Waals surface area contributed by atoms with Crippen LogP contribution in [0.2, 0.25) is 0 Å². The lowest BCUT2D eigenvalue weighted by molar-refractivity contribution is -0.138. The SMILES string of the molecule is CCOC[P+](=O)CC(CC)C(SCC)(SCC)C(=O)O. The molecule has 2 atom stereocenters. The first-order valence-electron chi connectivity index (χ1n) is 6.99. The van der Waals surface area contributed by atoms with Gasteiger partial charge in [0.25, 0.3) is 0 Å². The molecule has 20 heavy (non-hydrogen) atoms. The van der Waals surface area contributed by atoms with Gasteiger partial charge in [-0.05, 0) is 24.9 Å². The van der Waals surface area contributed by atoms with Crippen LogP contribution in [0.25, 0.3) is 0 Å². The number of hydrogen-bond acceptors (Lipinski definition) is 5. The lowest BCUT2D eigenvalue weighted by atomic mass is 10.0. The maximum absolute atomic E-state index is 12.1. The van der Waals surface area contributed by atoms with Crippen molar-refractivity contribution in [1.82, 2.24) is 0 Å². The van der Waals surface area contributed by atoms with E-state index in [2.05, 4.69) is 0 Å². The highest BCUT2D eigenvalue weighted by atomic mass is 32.2. The van der Waals surface area contributed by atoms with Crippen molar-refractivity contribution in [1.29, 1.82) is 0 Å². The monoisotopic (exact) mass is 341 g/mol. The molecule has 4 nitrogen and oxygen atoms in total. The molecule has 1 N–H and O–H groups in total. The molecule has 2 unspecified atom stereocenters. The van der Waals surface area contributed by atoms with Gasteiger partial charge in [0.1, 0.15) is 0 Å². The molecule has 0 rings (SSSR count). The standard InChI is InChI=1S/C13H25O4PS2/c1-5-11(9-18(16)10-17-6-2)13(12(14)15,19-7-3)20-8-4/h11H,5-10H2,1-4H3/p+1. The van der Waals surface area contributed by atoms with Crippen LogP contribution in [0.4, 0.5) is 0 Å². The molecule has 7 heteroatoms. The summed E-state index contributed by atoms with van der Waals surface area (Å²) in [4.78, 5) is 11.8. The van der Waals surface area contributed by atoms with Crippen LogP contribution in [0.15, 0.2) is 0 Å². The van der Waals surface area contributed by atoms with Gasteiger partial charge in [0.15, 0.2) is 10.2 Å². The molecule has 0 bridgehead atoms. The average molecular weight is 341 g/mol. The summed E-state index contributed by atoms with van der Waals surface area (Å²) in [5, 5.41) is 9.71. The van der Waals surface area contributed by atoms with Crippen molar-refractivity contribution in [2.75, 3.05) is 30.6 Å². The molecule has 0 saturated carbocycles. The van der Waals surface area contributed by atoms with Crippen molar-refractivity contribution in [3.05, 3.63) is 0 Å². The first-order valence-corrected chi connectivity index (χ1v) is 10.6. The third-order valence-electron chi connectivity index (χ3n) is 2.91. The van der Waals surface area contributed by atoms with Crippen LogP contribution in [0.5, 0.6) is 0 Å². The minimum Gasteiger partial charge on any atom is -0.480 e. The Hall–Kier alpha value is 0.230. The maximum atomic E-state index is 12.1. The van der Waals surface area contributed by atoms with Crippen LogP contribution in [0, 0.1) is 5.92 Å². The van der Waals surface area contributed by atoms with Gasteiger partial charge in [0, 0.05) is 12.5 Å². The third-order valence-corrected chi connectivity index (χ3v) is 7.39. The molecule has 0 spiro atoms. The predicted octanol–water partition coefficient (Wildman–Crippen LogP) is 4.12. The first kappa shape index (κ1) is 20.2. The minimum absolute atomic E-state index is 0.112. The molecule has 0 aliphatic carbocycles. The Balaban J connectivity index is 5.06. The van der Waals surface area contributed by atoms with Gasteiger partial charge in [0.2, 0.25) is 6.35 Å². The molecule has 0 saturated heterocycles. The maximum Gasteiger partial charge on any atom is 0.367 e. The number of carboxylic acid groups (broad SMARTS) is 1. The number of rotatable bonds is 12. The van der Waals surface area contributed by atoms with E-state index in [9.17, 15) is 14.5 Å². The number of aliphatic carboxylic acids is 1. The van der Waals surface area contributed by atoms with Crippen LogP contribution in [0.3, 0.4) is 0 Å². The Labute approximate surface area is 131 Å². The van der Waals surface area contributed by atoms with Crippen molar-refractivity contribution in [2.45, 2.75) is 38.2 Å². The van der Waals surface area contributed by atoms with Crippen molar-refractivity contribution in [2.24, 2.45) is 5.92 Å². The average Bonchev–Trinajstić information content (AvgIpc) is 2.41. The van der Waals surface area contributed by atoms with Crippen molar-refractivity contribution in [3.63, 3.8) is 0 Å². The van der Waals surface area contributed by atoms with Crippen LogP contribution in [-0.2, 0) is 14.1 Å². The van der Waals surface area contributed by atoms with E-state index in [0.717, 1.165) is 11.5 Å². The zero-order chi connectivity index (χ0) is 15.6. The summed E-state index contributed by atoms with van der Waals surface area (Å²) in [6.45, 7) is 8.30. The molecular weight excluding hydrogens is 315 g/mol. The van der Waals surface area contributed by atoms with Crippen LogP contribution in [0.1, 0.15) is 34.1 Å². The minimum atomic E-state index is -1.50. The Morgan fingerprint density at radius 2 is 1.80 bits per heavy atom. The molecule has 0 aromatic carbocycles. The summed E-state index contributed by atoms with van der Waals surface area (Å²) >= 11 is 2.90. The first-order chi connectivity index (χ1) is 9.48. The number of thioether (sulfide) groups is 2. The summed E-state index contributed by atoms with van der Waals surface area (Å²) < 4.78 is 16.4. The van der Waals surface area contributed by atoms with Crippen LogP contribution < -0.4 is 0 Å². The fourth-order valence-electron chi connectivity index (χ4n) is 2.01. The van der Waals surface area contributed by atoms with E-state index in [1.54, 1.807) is 0 Å². The molecule has 0 aliphatic rings. The lowest BCUT2D eigenvalue weighted by Gasteiger charge is -2.33. The fourth-order valence-corrected chi connectivity index (χ4v) is 6.89. The van der Waals surface area contributed by atoms with Crippen molar-refractivity contribution < 1.29 is 19.2 Å². The van der Waals surface area contributed by atoms with Crippen molar-refractivity contribution in [3.8, 4) is 0 Å². The predicted molar refractivity (Wildman–Crippen MR) is 89.4 cm³/mol. The van der Waals surface area contributed by atoms with Crippen molar-refractivity contribution >= 4 is 37.3 Å². The summed E-state index contributed by atoms with van der Waals surface area (Å²) in [6.07, 6.45) is 1.35. The highest BCUT2D eigenvalue weighted by Crippen LogP contribution is 2.48. The number of ether oxygens (including phenoxy) is 1. The van der Waals surface area contributed by atoms with E-state index in [-0.39, 0.29) is 12.3 Å². The zero-order valence-electron chi connectivity index (χ0n) is 12.8. The Morgan fingerprint density at radius 1 is 1.25 bits per heavy atom. The Morgan fingerprint density at radius 3 is 2.15 bits per heavy atom. The number of carboxylic acids is 1. The highest BCUT2D eigenvalue weighted by molar-refractivity contribution is 8.19. The topological polar surface area (TPSA) is 63.6 Å². The second-order valence-electron chi connectivity index (χ2n) is 4.23. The van der Waals surface area contributed by atoms with E-state index in [0.29, 0.717) is 19.2 Å². The largest absolute Gasteiger partial charge is 0.480 e. The molecule has 0 aromatic rings. The van der Waals surface area contributed by atoms with Gasteiger partial charge in [0.05, 0.1) is 0 Å². The molecule has 0 heterocycles. The van der Waals surface area contributed by atoms with Gasteiger partial charge in [-0.15, -0.1) is 23.5 Å². The number of hydrogen-bond donors (Lipinski definition) is 1. The summed E-state index contributed by atoms with van der Waals surface area (Å²) in [5.41, 5.74) is 0. The summed E-state index contributed by atoms with van der Waals surface area (Å²) in [5.74, 6) is 0.553. The van der Waals surface area contributed by atoms with E-state index in [1.807, 2.05) is 27.7 Å². The van der Waals surface area contributed by atoms with Crippen LogP contribution >= 0.6 is 31.3 Å². The van der Waals surface area contributed by atoms with Gasteiger partial charge >= 0.3 is 13.8 Å². The Bertz CT molecular complexity index is 307. The summed E-state index contributed by atoms with van der Waals surface area (Å²) in [6, 6.07) is 0. The Kier molecular flexibility index (Phi) is 11.0.